The predicted octanol–water partition coefficient (Wildman–Crippen LogP) is 0.211. The molecule has 0 aliphatic rings. The third kappa shape index (κ3) is 21300. The summed E-state index contributed by atoms with van der Waals surface area (Å²) in [7, 11) is 6.00. The van der Waals surface area contributed by atoms with Crippen molar-refractivity contribution in [2.75, 3.05) is 21.1 Å². The fourth-order valence-corrected chi connectivity index (χ4v) is 0. The van der Waals surface area contributed by atoms with E-state index in [1.165, 1.54) is 12.1 Å². The van der Waals surface area contributed by atoms with E-state index in [2.05, 4.69) is 0 Å². The molecule has 0 rings (SSSR count). The lowest BCUT2D eigenvalue weighted by molar-refractivity contribution is 0.505. The van der Waals surface area contributed by atoms with Crippen LogP contribution >= 0.6 is 0 Å². The van der Waals surface area contributed by atoms with Gasteiger partial charge in [0.05, 0.1) is 0 Å². The van der Waals surface area contributed by atoms with Crippen LogP contribution in [0, 0.1) is 22.7 Å². The van der Waals surface area contributed by atoms with E-state index in [9.17, 15) is 0 Å². The molecule has 0 saturated heterocycles. The number of hydrogen-bond acceptors (Lipinski definition) is 3. The summed E-state index contributed by atoms with van der Waals surface area (Å²) in [6.07, 6.45) is 0. The van der Waals surface area contributed by atoms with Crippen LogP contribution in [-0.4, -0.2) is 26.0 Å². The van der Waals surface area contributed by atoms with E-state index in [-0.39, 0.29) is 0 Å². The van der Waals surface area contributed by atoms with Crippen molar-refractivity contribution in [3.8, 4) is 12.1 Å². The predicted molar refractivity (Wildman–Crippen MR) is 30.8 cm³/mol. The summed E-state index contributed by atoms with van der Waals surface area (Å²) in [6, 6.07) is 2.47. The first-order chi connectivity index (χ1) is 3.65. The molecule has 0 bridgehead atoms. The first-order valence-corrected chi connectivity index (χ1v) is 2.04. The Morgan fingerprint density at radius 3 is 1.12 bits per heavy atom. The Morgan fingerprint density at radius 1 is 1.00 bits per heavy atom. The Hall–Kier alpha value is -1.06. The van der Waals surface area contributed by atoms with E-state index in [1.54, 1.807) is 0 Å². The van der Waals surface area contributed by atoms with Gasteiger partial charge in [-0.05, 0) is 21.1 Å². The first-order valence-electron chi connectivity index (χ1n) is 2.04. The summed E-state index contributed by atoms with van der Waals surface area (Å²) >= 11 is 0. The number of hydrogen-bond donors (Lipinski definition) is 0. The van der Waals surface area contributed by atoms with Crippen LogP contribution in [-0.2, 0) is 0 Å². The van der Waals surface area contributed by atoms with Gasteiger partial charge in [-0.3, -0.25) is 0 Å². The van der Waals surface area contributed by atoms with Crippen molar-refractivity contribution in [2.45, 2.75) is 0 Å². The van der Waals surface area contributed by atoms with Crippen LogP contribution in [0.1, 0.15) is 0 Å². The molecule has 8 heavy (non-hydrogen) atoms. The fourth-order valence-electron chi connectivity index (χ4n) is 0. The minimum Gasteiger partial charge on any atom is -0.312 e. The highest BCUT2D eigenvalue weighted by Gasteiger charge is 1.58. The van der Waals surface area contributed by atoms with Crippen LogP contribution in [0.15, 0.2) is 0 Å². The highest BCUT2D eigenvalue weighted by atomic mass is 15.0. The van der Waals surface area contributed by atoms with E-state index in [1.807, 2.05) is 26.0 Å². The molecule has 0 aliphatic heterocycles. The molecule has 0 atom stereocenters. The van der Waals surface area contributed by atoms with Crippen molar-refractivity contribution in [2.24, 2.45) is 0 Å². The second-order valence-corrected chi connectivity index (χ2v) is 1.57. The van der Waals surface area contributed by atoms with E-state index < -0.39 is 0 Å². The van der Waals surface area contributed by atoms with Crippen molar-refractivity contribution >= 4 is 0 Å². The van der Waals surface area contributed by atoms with Gasteiger partial charge in [0.2, 0.25) is 0 Å². The van der Waals surface area contributed by atoms with Crippen molar-refractivity contribution in [3.05, 3.63) is 0 Å². The zero-order valence-corrected chi connectivity index (χ0v) is 5.34. The second kappa shape index (κ2) is 9.34. The SMILES string of the molecule is CN(C)C.N#CC#N. The number of nitrogens with zero attached hydrogens (tertiary/aromatic N) is 3. The maximum Gasteiger partial charge on any atom is 0.181 e. The molecule has 0 N–H and O–H groups in total. The Balaban J connectivity index is 0. The maximum absolute atomic E-state index is 7.26. The summed E-state index contributed by atoms with van der Waals surface area (Å²) in [6.45, 7) is 0. The average molecular weight is 111 g/mol. The van der Waals surface area contributed by atoms with Crippen LogP contribution in [0.4, 0.5) is 0 Å². The maximum atomic E-state index is 7.26. The van der Waals surface area contributed by atoms with Gasteiger partial charge in [0.25, 0.3) is 0 Å². The largest absolute Gasteiger partial charge is 0.312 e. The molecule has 0 spiro atoms. The van der Waals surface area contributed by atoms with Crippen molar-refractivity contribution < 1.29 is 0 Å². The minimum absolute atomic E-state index is 1.24. The molecule has 0 saturated carbocycles. The van der Waals surface area contributed by atoms with Crippen LogP contribution in [0.3, 0.4) is 0 Å². The molecule has 0 aromatic rings. The lowest BCUT2D eigenvalue weighted by atomic mass is 10.9. The Kier molecular flexibility index (Phi) is 11.7. The Bertz CT molecular complexity index is 89.1. The van der Waals surface area contributed by atoms with Crippen LogP contribution in [0.25, 0.3) is 0 Å². The lowest BCUT2D eigenvalue weighted by Gasteiger charge is -1.90. The molecular weight excluding hydrogens is 102 g/mol. The van der Waals surface area contributed by atoms with Crippen LogP contribution < -0.4 is 0 Å². The second-order valence-electron chi connectivity index (χ2n) is 1.57. The van der Waals surface area contributed by atoms with Gasteiger partial charge in [0, 0.05) is 0 Å². The zero-order chi connectivity index (χ0) is 6.99. The van der Waals surface area contributed by atoms with Gasteiger partial charge in [-0.2, -0.15) is 10.5 Å². The summed E-state index contributed by atoms with van der Waals surface area (Å²) in [5, 5.41) is 14.5. The molecule has 0 unspecified atom stereocenters. The van der Waals surface area contributed by atoms with E-state index in [4.69, 9.17) is 10.5 Å². The average Bonchev–Trinajstić information content (AvgIpc) is 1.65. The summed E-state index contributed by atoms with van der Waals surface area (Å²) < 4.78 is 0. The number of rotatable bonds is 0. The molecule has 0 radical (unpaired) electrons. The summed E-state index contributed by atoms with van der Waals surface area (Å²) in [4.78, 5) is 2.00. The Labute approximate surface area is 49.7 Å². The molecule has 44 valence electrons. The molecule has 0 aromatic heterocycles. The van der Waals surface area contributed by atoms with Gasteiger partial charge in [-0.1, -0.05) is 0 Å². The first kappa shape index (κ1) is 10.0. The van der Waals surface area contributed by atoms with E-state index in [0.29, 0.717) is 0 Å². The highest BCUT2D eigenvalue weighted by Crippen LogP contribution is 1.47. The van der Waals surface area contributed by atoms with Gasteiger partial charge in [-0.15, -0.1) is 0 Å². The lowest BCUT2D eigenvalue weighted by Crippen LogP contribution is -1.99. The van der Waals surface area contributed by atoms with Gasteiger partial charge in [0.1, 0.15) is 0 Å². The smallest absolute Gasteiger partial charge is 0.181 e. The zero-order valence-electron chi connectivity index (χ0n) is 5.34. The summed E-state index contributed by atoms with van der Waals surface area (Å²) in [5.74, 6) is 0. The monoisotopic (exact) mass is 111 g/mol. The molecule has 0 amide bonds. The molecule has 3 nitrogen and oxygen atoms in total. The molecular formula is C5H9N3. The van der Waals surface area contributed by atoms with Gasteiger partial charge >= 0.3 is 0 Å². The fraction of sp³-hybridized carbons (Fsp3) is 0.600. The number of nitriles is 2. The topological polar surface area (TPSA) is 50.8 Å². The molecule has 0 fully saturated rings. The van der Waals surface area contributed by atoms with Crippen molar-refractivity contribution in [1.29, 1.82) is 10.5 Å². The Morgan fingerprint density at radius 2 is 1.12 bits per heavy atom. The minimum atomic E-state index is 1.24. The van der Waals surface area contributed by atoms with Crippen LogP contribution in [0.2, 0.25) is 0 Å². The highest BCUT2D eigenvalue weighted by molar-refractivity contribution is 4.99. The summed E-state index contributed by atoms with van der Waals surface area (Å²) in [5.41, 5.74) is 0. The van der Waals surface area contributed by atoms with Crippen molar-refractivity contribution in [1.82, 2.24) is 4.90 Å². The van der Waals surface area contributed by atoms with Crippen molar-refractivity contribution in [3.63, 3.8) is 0 Å². The third-order valence-electron chi connectivity index (χ3n) is 0.0500. The molecule has 0 heterocycles. The molecule has 0 aliphatic carbocycles. The van der Waals surface area contributed by atoms with Gasteiger partial charge < -0.3 is 4.90 Å². The standard InChI is InChI=1S/C3H9N.C2N2/c1-4(2)3;3-1-2-4/h1-3H3;. The van der Waals surface area contributed by atoms with E-state index in [0.717, 1.165) is 0 Å². The molecule has 3 heteroatoms. The van der Waals surface area contributed by atoms with Crippen LogP contribution in [0.5, 0.6) is 0 Å². The third-order valence-corrected chi connectivity index (χ3v) is 0.0500. The van der Waals surface area contributed by atoms with Gasteiger partial charge in [0.15, 0.2) is 12.1 Å². The normalized spacial score (nSPS) is 5.75. The quantitative estimate of drug-likeness (QED) is 0.449. The molecule has 0 aromatic carbocycles. The van der Waals surface area contributed by atoms with E-state index >= 15 is 0 Å². The van der Waals surface area contributed by atoms with Gasteiger partial charge in [-0.25, -0.2) is 0 Å².